The van der Waals surface area contributed by atoms with Gasteiger partial charge < -0.3 is 10.6 Å². The van der Waals surface area contributed by atoms with Gasteiger partial charge in [-0.2, -0.15) is 10.4 Å². The Morgan fingerprint density at radius 3 is 2.84 bits per heavy atom. The monoisotopic (exact) mass is 253 g/mol. The molecule has 1 atom stereocenters. The standard InChI is InChI=1S/C14H15N5/c1-10(11-4-3-5-13(16)8-11)19(2)14-12(9-15)6-7-17-18-14/h3-8,10H,16H2,1-2H3. The molecule has 5 heteroatoms. The van der Waals surface area contributed by atoms with E-state index in [1.165, 1.54) is 6.20 Å². The second kappa shape index (κ2) is 5.36. The highest BCUT2D eigenvalue weighted by Gasteiger charge is 2.17. The quantitative estimate of drug-likeness (QED) is 0.848. The Kier molecular flexibility index (Phi) is 3.62. The van der Waals surface area contributed by atoms with Crippen molar-refractivity contribution in [1.29, 1.82) is 5.26 Å². The first kappa shape index (κ1) is 12.8. The number of hydrogen-bond acceptors (Lipinski definition) is 5. The predicted octanol–water partition coefficient (Wildman–Crippen LogP) is 2.13. The van der Waals surface area contributed by atoms with Crippen LogP contribution in [0.2, 0.25) is 0 Å². The summed E-state index contributed by atoms with van der Waals surface area (Å²) in [7, 11) is 1.89. The van der Waals surface area contributed by atoms with Gasteiger partial charge in [-0.25, -0.2) is 0 Å². The number of nitrogen functional groups attached to an aromatic ring is 1. The lowest BCUT2D eigenvalue weighted by Crippen LogP contribution is -2.24. The number of nitriles is 1. The minimum atomic E-state index is 0.0484. The Balaban J connectivity index is 2.34. The molecule has 0 aliphatic rings. The second-order valence-corrected chi connectivity index (χ2v) is 4.34. The summed E-state index contributed by atoms with van der Waals surface area (Å²) >= 11 is 0. The molecule has 0 amide bonds. The lowest BCUT2D eigenvalue weighted by molar-refractivity contribution is 0.719. The number of hydrogen-bond donors (Lipinski definition) is 1. The highest BCUT2D eigenvalue weighted by atomic mass is 15.3. The van der Waals surface area contributed by atoms with Gasteiger partial charge in [-0.3, -0.25) is 0 Å². The number of nitrogens with two attached hydrogens (primary N) is 1. The third-order valence-electron chi connectivity index (χ3n) is 3.13. The van der Waals surface area contributed by atoms with Gasteiger partial charge in [0.05, 0.1) is 17.8 Å². The second-order valence-electron chi connectivity index (χ2n) is 4.34. The van der Waals surface area contributed by atoms with Crippen molar-refractivity contribution in [2.45, 2.75) is 13.0 Å². The van der Waals surface area contributed by atoms with Crippen LogP contribution >= 0.6 is 0 Å². The third kappa shape index (κ3) is 2.63. The number of aromatic nitrogens is 2. The summed E-state index contributed by atoms with van der Waals surface area (Å²) in [5.74, 6) is 0.569. The van der Waals surface area contributed by atoms with Crippen LogP contribution in [0.3, 0.4) is 0 Å². The van der Waals surface area contributed by atoms with Crippen molar-refractivity contribution in [3.63, 3.8) is 0 Å². The summed E-state index contributed by atoms with van der Waals surface area (Å²) in [6, 6.07) is 11.5. The van der Waals surface area contributed by atoms with Crippen molar-refractivity contribution in [2.24, 2.45) is 0 Å². The number of anilines is 2. The van der Waals surface area contributed by atoms with Gasteiger partial charge in [0.25, 0.3) is 0 Å². The molecule has 0 aliphatic heterocycles. The highest BCUT2D eigenvalue weighted by Crippen LogP contribution is 2.26. The Morgan fingerprint density at radius 2 is 2.16 bits per heavy atom. The maximum atomic E-state index is 9.10. The van der Waals surface area contributed by atoms with Crippen LogP contribution in [-0.2, 0) is 0 Å². The molecule has 0 bridgehead atoms. The van der Waals surface area contributed by atoms with E-state index in [9.17, 15) is 0 Å². The van der Waals surface area contributed by atoms with Crippen molar-refractivity contribution in [2.75, 3.05) is 17.7 Å². The zero-order valence-corrected chi connectivity index (χ0v) is 10.9. The zero-order chi connectivity index (χ0) is 13.8. The Labute approximate surface area is 112 Å². The van der Waals surface area contributed by atoms with Gasteiger partial charge >= 0.3 is 0 Å². The maximum Gasteiger partial charge on any atom is 0.169 e. The molecule has 0 fully saturated rings. The summed E-state index contributed by atoms with van der Waals surface area (Å²) in [5, 5.41) is 17.0. The van der Waals surface area contributed by atoms with E-state index in [0.717, 1.165) is 11.3 Å². The summed E-state index contributed by atoms with van der Waals surface area (Å²) < 4.78 is 0. The summed E-state index contributed by atoms with van der Waals surface area (Å²) in [6.07, 6.45) is 1.51. The molecule has 0 saturated carbocycles. The van der Waals surface area contributed by atoms with E-state index < -0.39 is 0 Å². The fourth-order valence-electron chi connectivity index (χ4n) is 1.90. The summed E-state index contributed by atoms with van der Waals surface area (Å²) in [6.45, 7) is 2.03. The van der Waals surface area contributed by atoms with Gasteiger partial charge in [0.1, 0.15) is 6.07 Å². The van der Waals surface area contributed by atoms with E-state index in [4.69, 9.17) is 11.0 Å². The van der Waals surface area contributed by atoms with Gasteiger partial charge in [0, 0.05) is 12.7 Å². The Morgan fingerprint density at radius 1 is 1.37 bits per heavy atom. The van der Waals surface area contributed by atoms with E-state index in [0.29, 0.717) is 11.4 Å². The first-order valence-corrected chi connectivity index (χ1v) is 5.93. The van der Waals surface area contributed by atoms with Crippen molar-refractivity contribution in [3.05, 3.63) is 47.7 Å². The highest BCUT2D eigenvalue weighted by molar-refractivity contribution is 5.54. The molecule has 19 heavy (non-hydrogen) atoms. The molecule has 1 unspecified atom stereocenters. The van der Waals surface area contributed by atoms with Crippen molar-refractivity contribution < 1.29 is 0 Å². The molecule has 1 aromatic heterocycles. The SMILES string of the molecule is CC(c1cccc(N)c1)N(C)c1nnccc1C#N. The van der Waals surface area contributed by atoms with Gasteiger partial charge in [0.2, 0.25) is 0 Å². The average Bonchev–Trinajstić information content (AvgIpc) is 2.45. The Bertz CT molecular complexity index is 617. The minimum Gasteiger partial charge on any atom is -0.399 e. The molecule has 1 heterocycles. The van der Waals surface area contributed by atoms with E-state index in [1.807, 2.05) is 43.1 Å². The number of nitrogens with zero attached hydrogens (tertiary/aromatic N) is 4. The first-order valence-electron chi connectivity index (χ1n) is 5.93. The van der Waals surface area contributed by atoms with Crippen LogP contribution in [0.25, 0.3) is 0 Å². The molecule has 96 valence electrons. The van der Waals surface area contributed by atoms with Crippen LogP contribution in [0.1, 0.15) is 24.1 Å². The van der Waals surface area contributed by atoms with Crippen molar-refractivity contribution >= 4 is 11.5 Å². The molecule has 0 spiro atoms. The van der Waals surface area contributed by atoms with Crippen LogP contribution in [0.15, 0.2) is 36.5 Å². The smallest absolute Gasteiger partial charge is 0.169 e. The molecule has 2 N–H and O–H groups in total. The van der Waals surface area contributed by atoms with Crippen LogP contribution in [0.4, 0.5) is 11.5 Å². The molecule has 0 saturated heterocycles. The van der Waals surface area contributed by atoms with E-state index in [1.54, 1.807) is 6.07 Å². The molecular weight excluding hydrogens is 238 g/mol. The minimum absolute atomic E-state index is 0.0484. The summed E-state index contributed by atoms with van der Waals surface area (Å²) in [5.41, 5.74) is 8.09. The van der Waals surface area contributed by atoms with Gasteiger partial charge in [-0.05, 0) is 30.7 Å². The average molecular weight is 253 g/mol. The predicted molar refractivity (Wildman–Crippen MR) is 74.4 cm³/mol. The van der Waals surface area contributed by atoms with Crippen LogP contribution < -0.4 is 10.6 Å². The number of rotatable bonds is 3. The van der Waals surface area contributed by atoms with Crippen LogP contribution in [-0.4, -0.2) is 17.2 Å². The summed E-state index contributed by atoms with van der Waals surface area (Å²) in [4.78, 5) is 1.92. The topological polar surface area (TPSA) is 78.8 Å². The zero-order valence-electron chi connectivity index (χ0n) is 10.9. The molecule has 0 radical (unpaired) electrons. The number of benzene rings is 1. The molecular formula is C14H15N5. The van der Waals surface area contributed by atoms with E-state index in [-0.39, 0.29) is 6.04 Å². The normalized spacial score (nSPS) is 11.6. The van der Waals surface area contributed by atoms with Crippen molar-refractivity contribution in [1.82, 2.24) is 10.2 Å². The van der Waals surface area contributed by atoms with Crippen LogP contribution in [0, 0.1) is 11.3 Å². The molecule has 0 aliphatic carbocycles. The Hall–Kier alpha value is -2.61. The lowest BCUT2D eigenvalue weighted by Gasteiger charge is -2.26. The first-order chi connectivity index (χ1) is 9.13. The lowest BCUT2D eigenvalue weighted by atomic mass is 10.1. The third-order valence-corrected chi connectivity index (χ3v) is 3.13. The van der Waals surface area contributed by atoms with Crippen molar-refractivity contribution in [3.8, 4) is 6.07 Å². The molecule has 2 rings (SSSR count). The molecule has 5 nitrogen and oxygen atoms in total. The van der Waals surface area contributed by atoms with Gasteiger partial charge in [0.15, 0.2) is 5.82 Å². The van der Waals surface area contributed by atoms with Gasteiger partial charge in [-0.1, -0.05) is 12.1 Å². The van der Waals surface area contributed by atoms with Crippen LogP contribution in [0.5, 0.6) is 0 Å². The maximum absolute atomic E-state index is 9.10. The molecule has 1 aromatic carbocycles. The van der Waals surface area contributed by atoms with E-state index >= 15 is 0 Å². The molecule has 2 aromatic rings. The fraction of sp³-hybridized carbons (Fsp3) is 0.214. The van der Waals surface area contributed by atoms with E-state index in [2.05, 4.69) is 16.3 Å². The largest absolute Gasteiger partial charge is 0.399 e. The van der Waals surface area contributed by atoms with Gasteiger partial charge in [-0.15, -0.1) is 5.10 Å². The fourth-order valence-corrected chi connectivity index (χ4v) is 1.90.